The molecule has 0 saturated carbocycles. The summed E-state index contributed by atoms with van der Waals surface area (Å²) in [4.78, 5) is 5.86. The molecule has 0 fully saturated rings. The Bertz CT molecular complexity index is 947. The van der Waals surface area contributed by atoms with Crippen molar-refractivity contribution in [2.24, 2.45) is 10.1 Å². The number of nitrogens with zero attached hydrogens (tertiary/aromatic N) is 2. The first-order chi connectivity index (χ1) is 11.7. The summed E-state index contributed by atoms with van der Waals surface area (Å²) in [5, 5.41) is 7.36. The fourth-order valence-corrected chi connectivity index (χ4v) is 3.66. The third kappa shape index (κ3) is 3.02. The fourth-order valence-electron chi connectivity index (χ4n) is 2.45. The van der Waals surface area contributed by atoms with Crippen LogP contribution in [-0.4, -0.2) is 11.5 Å². The fraction of sp³-hybridized carbons (Fsp3) is 0. The summed E-state index contributed by atoms with van der Waals surface area (Å²) in [6, 6.07) is 17.6. The average molecular weight is 417 g/mol. The van der Waals surface area contributed by atoms with Crippen molar-refractivity contribution < 1.29 is 0 Å². The Labute approximate surface area is 156 Å². The van der Waals surface area contributed by atoms with Crippen LogP contribution in [-0.2, 0) is 0 Å². The van der Waals surface area contributed by atoms with Crippen LogP contribution in [0, 0.1) is 0 Å². The molecule has 0 bridgehead atoms. The van der Waals surface area contributed by atoms with Crippen molar-refractivity contribution in [2.75, 3.05) is 0 Å². The number of benzene rings is 2. The van der Waals surface area contributed by atoms with Crippen LogP contribution in [0.15, 0.2) is 74.5 Å². The molecule has 2 heterocycles. The molecule has 2 aromatic carbocycles. The maximum Gasteiger partial charge on any atom is 0.154 e. The number of hydrogen-bond acceptors (Lipinski definition) is 4. The molecule has 1 aromatic heterocycles. The minimum atomic E-state index is 0.695. The zero-order chi connectivity index (χ0) is 16.5. The van der Waals surface area contributed by atoms with E-state index in [1.807, 2.05) is 53.9 Å². The molecule has 3 nitrogen and oxygen atoms in total. The van der Waals surface area contributed by atoms with Gasteiger partial charge in [0.15, 0.2) is 5.84 Å². The highest BCUT2D eigenvalue weighted by atomic mass is 79.9. The molecule has 4 rings (SSSR count). The van der Waals surface area contributed by atoms with Gasteiger partial charge < -0.3 is 0 Å². The highest BCUT2D eigenvalue weighted by Gasteiger charge is 2.18. The Morgan fingerprint density at radius 3 is 2.62 bits per heavy atom. The molecule has 1 N–H and O–H groups in total. The van der Waals surface area contributed by atoms with E-state index in [2.05, 4.69) is 32.5 Å². The van der Waals surface area contributed by atoms with E-state index in [0.29, 0.717) is 10.9 Å². The quantitative estimate of drug-likeness (QED) is 0.580. The van der Waals surface area contributed by atoms with Gasteiger partial charge in [-0.2, -0.15) is 5.10 Å². The molecule has 0 amide bonds. The van der Waals surface area contributed by atoms with E-state index < -0.39 is 0 Å². The van der Waals surface area contributed by atoms with Gasteiger partial charge in [0.25, 0.3) is 0 Å². The topological polar surface area (TPSA) is 36.8 Å². The molecule has 0 radical (unpaired) electrons. The molecular weight excluding hydrogens is 406 g/mol. The van der Waals surface area contributed by atoms with Gasteiger partial charge in [0, 0.05) is 20.6 Å². The maximum atomic E-state index is 5.98. The van der Waals surface area contributed by atoms with E-state index in [1.54, 1.807) is 11.3 Å². The summed E-state index contributed by atoms with van der Waals surface area (Å²) in [6.45, 7) is 0. The SMILES string of the molecule is Clc1ccc(C2=Nc3ccc(Br)cc3C(c3cccs3)=NN2)cc1. The Morgan fingerprint density at radius 1 is 1.04 bits per heavy atom. The minimum absolute atomic E-state index is 0.695. The molecule has 1 aliphatic heterocycles. The molecule has 3 aromatic rings. The van der Waals surface area contributed by atoms with E-state index in [0.717, 1.165) is 31.9 Å². The van der Waals surface area contributed by atoms with Crippen LogP contribution >= 0.6 is 38.9 Å². The van der Waals surface area contributed by atoms with Crippen LogP contribution in [0.4, 0.5) is 5.69 Å². The normalized spacial score (nSPS) is 13.4. The minimum Gasteiger partial charge on any atom is -0.260 e. The third-order valence-electron chi connectivity index (χ3n) is 3.59. The van der Waals surface area contributed by atoms with Crippen molar-refractivity contribution in [3.05, 3.63) is 85.5 Å². The Hall–Kier alpha value is -1.95. The lowest BCUT2D eigenvalue weighted by molar-refractivity contribution is 1.03. The van der Waals surface area contributed by atoms with E-state index in [4.69, 9.17) is 16.6 Å². The van der Waals surface area contributed by atoms with Crippen LogP contribution in [0.5, 0.6) is 0 Å². The second-order valence-corrected chi connectivity index (χ2v) is 7.48. The first kappa shape index (κ1) is 15.6. The number of rotatable bonds is 2. The predicted molar refractivity (Wildman–Crippen MR) is 105 cm³/mol. The van der Waals surface area contributed by atoms with Crippen molar-refractivity contribution >= 4 is 56.1 Å². The smallest absolute Gasteiger partial charge is 0.154 e. The Kier molecular flexibility index (Phi) is 4.22. The Morgan fingerprint density at radius 2 is 1.88 bits per heavy atom. The van der Waals surface area contributed by atoms with Crippen molar-refractivity contribution in [2.45, 2.75) is 0 Å². The molecule has 6 heteroatoms. The standard InChI is InChI=1S/C18H11BrClN3S/c19-12-5-8-15-14(10-12)17(16-2-1-9-24-16)22-23-18(21-15)11-3-6-13(20)7-4-11/h1-10H,(H,21,23). The zero-order valence-electron chi connectivity index (χ0n) is 12.3. The highest BCUT2D eigenvalue weighted by Crippen LogP contribution is 2.30. The molecule has 118 valence electrons. The van der Waals surface area contributed by atoms with Gasteiger partial charge in [-0.05, 0) is 53.9 Å². The number of nitrogens with one attached hydrogen (secondary N) is 1. The van der Waals surface area contributed by atoms with Gasteiger partial charge in [-0.25, -0.2) is 4.99 Å². The van der Waals surface area contributed by atoms with Crippen LogP contribution in [0.25, 0.3) is 0 Å². The lowest BCUT2D eigenvalue weighted by Crippen LogP contribution is -2.19. The number of fused-ring (bicyclic) bond motifs is 1. The second kappa shape index (κ2) is 6.51. The zero-order valence-corrected chi connectivity index (χ0v) is 15.5. The highest BCUT2D eigenvalue weighted by molar-refractivity contribution is 9.10. The van der Waals surface area contributed by atoms with Gasteiger partial charge in [-0.3, -0.25) is 5.43 Å². The largest absolute Gasteiger partial charge is 0.260 e. The molecular formula is C18H11BrClN3S. The molecule has 0 atom stereocenters. The monoisotopic (exact) mass is 415 g/mol. The number of amidine groups is 1. The van der Waals surface area contributed by atoms with E-state index >= 15 is 0 Å². The second-order valence-electron chi connectivity index (χ2n) is 5.18. The summed E-state index contributed by atoms with van der Waals surface area (Å²) in [5.41, 5.74) is 6.79. The molecule has 1 aliphatic rings. The van der Waals surface area contributed by atoms with Crippen LogP contribution in [0.3, 0.4) is 0 Å². The van der Waals surface area contributed by atoms with Crippen LogP contribution < -0.4 is 5.43 Å². The van der Waals surface area contributed by atoms with Gasteiger partial charge in [-0.15, -0.1) is 11.3 Å². The summed E-state index contributed by atoms with van der Waals surface area (Å²) < 4.78 is 0.996. The number of aliphatic imine (C=N–C) groups is 1. The van der Waals surface area contributed by atoms with Crippen LogP contribution in [0.2, 0.25) is 5.02 Å². The van der Waals surface area contributed by atoms with Crippen molar-refractivity contribution in [1.29, 1.82) is 0 Å². The summed E-state index contributed by atoms with van der Waals surface area (Å²) in [5.74, 6) is 0.696. The predicted octanol–water partition coefficient (Wildman–Crippen LogP) is 5.60. The first-order valence-electron chi connectivity index (χ1n) is 7.23. The summed E-state index contributed by atoms with van der Waals surface area (Å²) >= 11 is 11.2. The molecule has 0 saturated heterocycles. The lowest BCUT2D eigenvalue weighted by atomic mass is 10.1. The summed E-state index contributed by atoms with van der Waals surface area (Å²) in [7, 11) is 0. The number of hydrazone groups is 1. The molecule has 24 heavy (non-hydrogen) atoms. The number of halogens is 2. The van der Waals surface area contributed by atoms with Crippen molar-refractivity contribution in [1.82, 2.24) is 5.43 Å². The Balaban J connectivity index is 1.87. The van der Waals surface area contributed by atoms with Crippen LogP contribution in [0.1, 0.15) is 16.0 Å². The van der Waals surface area contributed by atoms with Crippen molar-refractivity contribution in [3.8, 4) is 0 Å². The third-order valence-corrected chi connectivity index (χ3v) is 5.21. The van der Waals surface area contributed by atoms with E-state index in [-0.39, 0.29) is 0 Å². The van der Waals surface area contributed by atoms with Gasteiger partial charge in [0.1, 0.15) is 5.71 Å². The van der Waals surface area contributed by atoms with Crippen molar-refractivity contribution in [3.63, 3.8) is 0 Å². The van der Waals surface area contributed by atoms with Gasteiger partial charge in [-0.1, -0.05) is 33.6 Å². The van der Waals surface area contributed by atoms with Gasteiger partial charge in [0.2, 0.25) is 0 Å². The maximum absolute atomic E-state index is 5.98. The molecule has 0 aliphatic carbocycles. The van der Waals surface area contributed by atoms with E-state index in [9.17, 15) is 0 Å². The summed E-state index contributed by atoms with van der Waals surface area (Å²) in [6.07, 6.45) is 0. The first-order valence-corrected chi connectivity index (χ1v) is 9.28. The number of hydrogen-bond donors (Lipinski definition) is 1. The van der Waals surface area contributed by atoms with Gasteiger partial charge >= 0.3 is 0 Å². The lowest BCUT2D eigenvalue weighted by Gasteiger charge is -2.05. The van der Waals surface area contributed by atoms with E-state index in [1.165, 1.54) is 0 Å². The molecule has 0 spiro atoms. The average Bonchev–Trinajstić information content (AvgIpc) is 3.04. The molecule has 0 unspecified atom stereocenters. The number of thiophene rings is 1. The van der Waals surface area contributed by atoms with Gasteiger partial charge in [0.05, 0.1) is 10.6 Å².